The van der Waals surface area contributed by atoms with Crippen LogP contribution in [0.5, 0.6) is 0 Å². The van der Waals surface area contributed by atoms with Gasteiger partial charge in [-0.2, -0.15) is 0 Å². The topological polar surface area (TPSA) is 24.5 Å². The van der Waals surface area contributed by atoms with E-state index < -0.39 is 0 Å². The number of likely N-dealkylation sites (N-methyl/N-ethyl adjacent to an activating group) is 1. The van der Waals surface area contributed by atoms with Crippen molar-refractivity contribution in [3.8, 4) is 0 Å². The number of hydrogen-bond donors (Lipinski definition) is 1. The highest BCUT2D eigenvalue weighted by molar-refractivity contribution is 5.48. The first kappa shape index (κ1) is 15.3. The Hall–Kier alpha value is -1.13. The second kappa shape index (κ2) is 7.60. The Kier molecular flexibility index (Phi) is 5.80. The molecule has 0 bridgehead atoms. The van der Waals surface area contributed by atoms with E-state index in [9.17, 15) is 4.39 Å². The Labute approximate surface area is 121 Å². The van der Waals surface area contributed by atoms with Crippen LogP contribution in [-0.4, -0.2) is 32.8 Å². The van der Waals surface area contributed by atoms with Crippen LogP contribution in [0.1, 0.15) is 31.7 Å². The predicted octanol–water partition coefficient (Wildman–Crippen LogP) is 2.94. The minimum absolute atomic E-state index is 0.174. The van der Waals surface area contributed by atoms with Gasteiger partial charge in [0, 0.05) is 32.4 Å². The van der Waals surface area contributed by atoms with E-state index in [4.69, 9.17) is 4.74 Å². The van der Waals surface area contributed by atoms with Crippen LogP contribution in [0.3, 0.4) is 0 Å². The summed E-state index contributed by atoms with van der Waals surface area (Å²) in [5.41, 5.74) is 1.91. The minimum Gasteiger partial charge on any atom is -0.376 e. The molecule has 1 N–H and O–H groups in total. The smallest absolute Gasteiger partial charge is 0.125 e. The molecule has 0 saturated carbocycles. The maximum Gasteiger partial charge on any atom is 0.125 e. The Balaban J connectivity index is 2.00. The van der Waals surface area contributed by atoms with Crippen molar-refractivity contribution in [2.24, 2.45) is 0 Å². The first-order valence-electron chi connectivity index (χ1n) is 7.52. The van der Waals surface area contributed by atoms with Crippen LogP contribution in [0.2, 0.25) is 0 Å². The second-order valence-corrected chi connectivity index (χ2v) is 5.47. The maximum absolute atomic E-state index is 13.7. The summed E-state index contributed by atoms with van der Waals surface area (Å²) in [6.45, 7) is 5.32. The molecular weight excluding hydrogens is 255 g/mol. The quantitative estimate of drug-likeness (QED) is 0.867. The normalized spacial score (nSPS) is 19.1. The fourth-order valence-electron chi connectivity index (χ4n) is 2.59. The van der Waals surface area contributed by atoms with Gasteiger partial charge in [-0.05, 0) is 49.6 Å². The average Bonchev–Trinajstić information content (AvgIpc) is 2.45. The fraction of sp³-hybridized carbons (Fsp3) is 0.625. The molecule has 0 spiro atoms. The summed E-state index contributed by atoms with van der Waals surface area (Å²) in [4.78, 5) is 2.09. The Bertz CT molecular complexity index is 419. The van der Waals surface area contributed by atoms with E-state index in [-0.39, 0.29) is 11.9 Å². The minimum atomic E-state index is -0.174. The first-order chi connectivity index (χ1) is 9.69. The average molecular weight is 280 g/mol. The summed E-state index contributed by atoms with van der Waals surface area (Å²) in [5.74, 6) is -0.174. The van der Waals surface area contributed by atoms with Crippen LogP contribution in [0.15, 0.2) is 18.2 Å². The number of anilines is 1. The van der Waals surface area contributed by atoms with Crippen LogP contribution >= 0.6 is 0 Å². The van der Waals surface area contributed by atoms with E-state index in [1.54, 1.807) is 12.1 Å². The van der Waals surface area contributed by atoms with Gasteiger partial charge in [0.25, 0.3) is 0 Å². The summed E-state index contributed by atoms with van der Waals surface area (Å²) >= 11 is 0. The lowest BCUT2D eigenvalue weighted by Gasteiger charge is -2.29. The number of hydrogen-bond acceptors (Lipinski definition) is 3. The summed E-state index contributed by atoms with van der Waals surface area (Å²) in [6.07, 6.45) is 3.76. The number of benzene rings is 1. The van der Waals surface area contributed by atoms with Gasteiger partial charge in [-0.3, -0.25) is 0 Å². The van der Waals surface area contributed by atoms with E-state index in [0.717, 1.165) is 43.8 Å². The molecule has 2 rings (SSSR count). The highest BCUT2D eigenvalue weighted by Crippen LogP contribution is 2.20. The van der Waals surface area contributed by atoms with Gasteiger partial charge in [0.15, 0.2) is 0 Å². The van der Waals surface area contributed by atoms with Gasteiger partial charge in [-0.15, -0.1) is 0 Å². The van der Waals surface area contributed by atoms with Gasteiger partial charge in [0.05, 0.1) is 6.10 Å². The summed E-state index contributed by atoms with van der Waals surface area (Å²) in [5, 5.41) is 3.23. The molecule has 20 heavy (non-hydrogen) atoms. The van der Waals surface area contributed by atoms with E-state index in [1.165, 1.54) is 6.42 Å². The molecule has 1 aromatic rings. The largest absolute Gasteiger partial charge is 0.376 e. The standard InChI is InChI=1S/C16H25FN2O/c1-3-18-11-13-8-14(17)10-15(9-13)19(2)12-16-6-4-5-7-20-16/h8-10,16,18H,3-7,11-12H2,1-2H3. The molecule has 0 aromatic heterocycles. The predicted molar refractivity (Wildman–Crippen MR) is 80.6 cm³/mol. The Morgan fingerprint density at radius 2 is 2.20 bits per heavy atom. The molecule has 0 aliphatic carbocycles. The number of ether oxygens (including phenoxy) is 1. The van der Waals surface area contributed by atoms with Crippen molar-refractivity contribution >= 4 is 5.69 Å². The van der Waals surface area contributed by atoms with Crippen molar-refractivity contribution in [3.63, 3.8) is 0 Å². The molecule has 0 amide bonds. The molecule has 3 nitrogen and oxygen atoms in total. The number of nitrogens with one attached hydrogen (secondary N) is 1. The van der Waals surface area contributed by atoms with Crippen molar-refractivity contribution < 1.29 is 9.13 Å². The van der Waals surface area contributed by atoms with Gasteiger partial charge < -0.3 is 15.0 Å². The Morgan fingerprint density at radius 3 is 2.90 bits per heavy atom. The third-order valence-corrected chi connectivity index (χ3v) is 3.71. The van der Waals surface area contributed by atoms with Gasteiger partial charge in [0.2, 0.25) is 0 Å². The molecule has 1 aliphatic heterocycles. The molecule has 1 aliphatic rings. The highest BCUT2D eigenvalue weighted by Gasteiger charge is 2.16. The van der Waals surface area contributed by atoms with E-state index in [1.807, 2.05) is 14.0 Å². The van der Waals surface area contributed by atoms with Crippen LogP contribution in [0.4, 0.5) is 10.1 Å². The molecule has 1 atom stereocenters. The van der Waals surface area contributed by atoms with Gasteiger partial charge in [-0.25, -0.2) is 4.39 Å². The molecule has 1 heterocycles. The molecule has 1 fully saturated rings. The lowest BCUT2D eigenvalue weighted by molar-refractivity contribution is 0.0216. The van der Waals surface area contributed by atoms with Gasteiger partial charge >= 0.3 is 0 Å². The first-order valence-corrected chi connectivity index (χ1v) is 7.52. The monoisotopic (exact) mass is 280 g/mol. The van der Waals surface area contributed by atoms with Crippen molar-refractivity contribution in [2.45, 2.75) is 38.8 Å². The zero-order chi connectivity index (χ0) is 14.4. The van der Waals surface area contributed by atoms with Gasteiger partial charge in [-0.1, -0.05) is 6.92 Å². The lowest BCUT2D eigenvalue weighted by Crippen LogP contribution is -2.33. The van der Waals surface area contributed by atoms with E-state index in [2.05, 4.69) is 16.3 Å². The van der Waals surface area contributed by atoms with E-state index in [0.29, 0.717) is 6.54 Å². The molecule has 4 heteroatoms. The van der Waals surface area contributed by atoms with Crippen molar-refractivity contribution in [1.82, 2.24) is 5.32 Å². The number of rotatable bonds is 6. The second-order valence-electron chi connectivity index (χ2n) is 5.47. The van der Waals surface area contributed by atoms with Crippen LogP contribution in [-0.2, 0) is 11.3 Å². The molecule has 1 unspecified atom stereocenters. The third-order valence-electron chi connectivity index (χ3n) is 3.71. The van der Waals surface area contributed by atoms with Crippen molar-refractivity contribution in [3.05, 3.63) is 29.6 Å². The molecule has 1 aromatic carbocycles. The van der Waals surface area contributed by atoms with Crippen molar-refractivity contribution in [1.29, 1.82) is 0 Å². The van der Waals surface area contributed by atoms with Gasteiger partial charge in [0.1, 0.15) is 5.82 Å². The number of nitrogens with zero attached hydrogens (tertiary/aromatic N) is 1. The molecule has 1 saturated heterocycles. The zero-order valence-corrected chi connectivity index (χ0v) is 12.5. The van der Waals surface area contributed by atoms with Crippen molar-refractivity contribution in [2.75, 3.05) is 31.6 Å². The summed E-state index contributed by atoms with van der Waals surface area (Å²) < 4.78 is 19.5. The van der Waals surface area contributed by atoms with E-state index >= 15 is 0 Å². The Morgan fingerprint density at radius 1 is 1.35 bits per heavy atom. The van der Waals surface area contributed by atoms with Crippen LogP contribution < -0.4 is 10.2 Å². The molecular formula is C16H25FN2O. The number of halogens is 1. The summed E-state index contributed by atoms with van der Waals surface area (Å²) in [7, 11) is 2.00. The summed E-state index contributed by atoms with van der Waals surface area (Å²) in [6, 6.07) is 5.24. The SMILES string of the molecule is CCNCc1cc(F)cc(N(C)CC2CCCCO2)c1. The molecule has 112 valence electrons. The zero-order valence-electron chi connectivity index (χ0n) is 12.5. The van der Waals surface area contributed by atoms with Crippen LogP contribution in [0.25, 0.3) is 0 Å². The third kappa shape index (κ3) is 4.46. The van der Waals surface area contributed by atoms with Crippen LogP contribution in [0, 0.1) is 5.82 Å². The lowest BCUT2D eigenvalue weighted by atomic mass is 10.1. The maximum atomic E-state index is 13.7. The fourth-order valence-corrected chi connectivity index (χ4v) is 2.59. The molecule has 0 radical (unpaired) electrons. The highest BCUT2D eigenvalue weighted by atomic mass is 19.1.